The number of ether oxygens (including phenoxy) is 1. The largest absolute Gasteiger partial charge is 0.461 e. The number of carbonyl (C=O) groups excluding carboxylic acids is 1. The van der Waals surface area contributed by atoms with Crippen molar-refractivity contribution in [2.24, 2.45) is 0 Å². The Morgan fingerprint density at radius 3 is 2.61 bits per heavy atom. The summed E-state index contributed by atoms with van der Waals surface area (Å²) in [6.45, 7) is 11.0. The Kier molecular flexibility index (Phi) is 7.36. The van der Waals surface area contributed by atoms with E-state index in [9.17, 15) is 4.79 Å². The first kappa shape index (κ1) is 22.4. The van der Waals surface area contributed by atoms with E-state index >= 15 is 0 Å². The van der Waals surface area contributed by atoms with Crippen molar-refractivity contribution in [2.75, 3.05) is 13.2 Å². The van der Waals surface area contributed by atoms with Gasteiger partial charge in [0.25, 0.3) is 0 Å². The van der Waals surface area contributed by atoms with Crippen LogP contribution in [0.2, 0.25) is 10.0 Å². The number of carbonyl (C=O) groups is 1. The fourth-order valence-corrected chi connectivity index (χ4v) is 3.53. The van der Waals surface area contributed by atoms with Gasteiger partial charge in [0, 0.05) is 21.7 Å². The predicted molar refractivity (Wildman–Crippen MR) is 123 cm³/mol. The average molecular weight is 452 g/mol. The predicted octanol–water partition coefficient (Wildman–Crippen LogP) is 5.99. The quantitative estimate of drug-likeness (QED) is 0.207. The Hall–Kier alpha value is -3.25. The van der Waals surface area contributed by atoms with Gasteiger partial charge in [0.2, 0.25) is 6.54 Å². The molecule has 0 saturated heterocycles. The van der Waals surface area contributed by atoms with Crippen LogP contribution in [0.5, 0.6) is 0 Å². The van der Waals surface area contributed by atoms with Gasteiger partial charge in [0.15, 0.2) is 5.69 Å². The van der Waals surface area contributed by atoms with Crippen LogP contribution in [0.15, 0.2) is 42.5 Å². The zero-order chi connectivity index (χ0) is 22.4. The SMILES string of the molecule is [C-]#[N+]CCC#Cc1ccc(-c2c(C)c(C(=O)OCC)nn2-c2ccc(Cl)cc2Cl)cc1. The molecule has 0 bridgehead atoms. The van der Waals surface area contributed by atoms with Crippen molar-refractivity contribution in [2.45, 2.75) is 20.3 Å². The maximum atomic E-state index is 12.5. The molecule has 0 N–H and O–H groups in total. The van der Waals surface area contributed by atoms with Crippen molar-refractivity contribution in [3.8, 4) is 28.8 Å². The Bertz CT molecular complexity index is 1210. The van der Waals surface area contributed by atoms with Gasteiger partial charge in [-0.2, -0.15) is 5.10 Å². The van der Waals surface area contributed by atoms with Crippen molar-refractivity contribution >= 4 is 29.2 Å². The van der Waals surface area contributed by atoms with Gasteiger partial charge in [-0.1, -0.05) is 47.2 Å². The minimum Gasteiger partial charge on any atom is -0.461 e. The summed E-state index contributed by atoms with van der Waals surface area (Å²) in [5.41, 5.74) is 3.92. The molecular weight excluding hydrogens is 433 g/mol. The molecule has 0 unspecified atom stereocenters. The molecule has 0 aliphatic carbocycles. The Labute approximate surface area is 191 Å². The fraction of sp³-hybridized carbons (Fsp3) is 0.208. The molecule has 3 aromatic rings. The summed E-state index contributed by atoms with van der Waals surface area (Å²) in [6.07, 6.45) is 0.537. The van der Waals surface area contributed by atoms with E-state index in [-0.39, 0.29) is 12.3 Å². The molecule has 0 atom stereocenters. The van der Waals surface area contributed by atoms with Crippen molar-refractivity contribution in [3.63, 3.8) is 0 Å². The first-order valence-electron chi connectivity index (χ1n) is 9.61. The van der Waals surface area contributed by atoms with E-state index < -0.39 is 5.97 Å². The molecule has 156 valence electrons. The van der Waals surface area contributed by atoms with Gasteiger partial charge < -0.3 is 9.58 Å². The van der Waals surface area contributed by atoms with Gasteiger partial charge >= 0.3 is 5.97 Å². The van der Waals surface area contributed by atoms with Crippen molar-refractivity contribution in [3.05, 3.63) is 80.7 Å². The number of esters is 1. The van der Waals surface area contributed by atoms with Crippen LogP contribution < -0.4 is 0 Å². The molecule has 5 nitrogen and oxygen atoms in total. The van der Waals surface area contributed by atoms with E-state index in [1.54, 1.807) is 29.8 Å². The van der Waals surface area contributed by atoms with E-state index in [2.05, 4.69) is 21.8 Å². The highest BCUT2D eigenvalue weighted by atomic mass is 35.5. The van der Waals surface area contributed by atoms with Gasteiger partial charge in [-0.3, -0.25) is 0 Å². The lowest BCUT2D eigenvalue weighted by Gasteiger charge is -2.11. The second kappa shape index (κ2) is 10.2. The van der Waals surface area contributed by atoms with Crippen molar-refractivity contribution in [1.82, 2.24) is 9.78 Å². The first-order chi connectivity index (χ1) is 15.0. The fourth-order valence-electron chi connectivity index (χ4n) is 3.04. The molecule has 1 heterocycles. The average Bonchev–Trinajstić information content (AvgIpc) is 3.09. The summed E-state index contributed by atoms with van der Waals surface area (Å²) < 4.78 is 6.81. The topological polar surface area (TPSA) is 48.5 Å². The molecule has 0 aliphatic rings. The number of hydrogen-bond acceptors (Lipinski definition) is 3. The lowest BCUT2D eigenvalue weighted by atomic mass is 10.0. The molecule has 3 rings (SSSR count). The molecule has 31 heavy (non-hydrogen) atoms. The molecule has 0 spiro atoms. The van der Waals surface area contributed by atoms with Crippen LogP contribution in [-0.4, -0.2) is 28.9 Å². The summed E-state index contributed by atoms with van der Waals surface area (Å²) in [7, 11) is 0. The number of halogens is 2. The van der Waals surface area contributed by atoms with E-state index in [0.29, 0.717) is 34.3 Å². The molecule has 0 fully saturated rings. The third kappa shape index (κ3) is 5.09. The van der Waals surface area contributed by atoms with Crippen LogP contribution in [0.25, 0.3) is 21.8 Å². The molecule has 7 heteroatoms. The monoisotopic (exact) mass is 451 g/mol. The molecule has 0 aliphatic heterocycles. The molecular formula is C24H19Cl2N3O2. The molecule has 0 saturated carbocycles. The minimum absolute atomic E-state index is 0.228. The van der Waals surface area contributed by atoms with E-state index in [4.69, 9.17) is 34.5 Å². The second-order valence-corrected chi connectivity index (χ2v) is 7.40. The second-order valence-electron chi connectivity index (χ2n) is 6.56. The Balaban J connectivity index is 2.10. The smallest absolute Gasteiger partial charge is 0.359 e. The summed E-state index contributed by atoms with van der Waals surface area (Å²) >= 11 is 12.5. The third-order valence-corrected chi connectivity index (χ3v) is 5.01. The van der Waals surface area contributed by atoms with Crippen LogP contribution in [0.1, 0.15) is 35.0 Å². The van der Waals surface area contributed by atoms with E-state index in [1.807, 2.05) is 31.2 Å². The summed E-state index contributed by atoms with van der Waals surface area (Å²) in [4.78, 5) is 15.8. The number of rotatable bonds is 5. The van der Waals surface area contributed by atoms with Crippen LogP contribution in [0.4, 0.5) is 0 Å². The first-order valence-corrected chi connectivity index (χ1v) is 10.4. The highest BCUT2D eigenvalue weighted by molar-refractivity contribution is 6.35. The van der Waals surface area contributed by atoms with Crippen LogP contribution in [0.3, 0.4) is 0 Å². The van der Waals surface area contributed by atoms with Crippen molar-refractivity contribution < 1.29 is 9.53 Å². The minimum atomic E-state index is -0.493. The Morgan fingerprint density at radius 1 is 1.23 bits per heavy atom. The van der Waals surface area contributed by atoms with Gasteiger partial charge in [-0.25, -0.2) is 16.0 Å². The molecule has 2 aromatic carbocycles. The van der Waals surface area contributed by atoms with E-state index in [0.717, 1.165) is 16.8 Å². The maximum Gasteiger partial charge on any atom is 0.359 e. The van der Waals surface area contributed by atoms with Gasteiger partial charge in [-0.15, -0.1) is 0 Å². The Morgan fingerprint density at radius 2 is 1.97 bits per heavy atom. The number of hydrogen-bond donors (Lipinski definition) is 0. The number of aromatic nitrogens is 2. The summed E-state index contributed by atoms with van der Waals surface area (Å²) in [6, 6.07) is 12.7. The summed E-state index contributed by atoms with van der Waals surface area (Å²) in [5.74, 6) is 5.54. The highest BCUT2D eigenvalue weighted by Gasteiger charge is 2.24. The standard InChI is InChI=1S/C24H19Cl2N3O2/c1-4-31-24(30)22-16(2)23(29(28-22)21-13-12-19(25)15-20(21)26)18-10-8-17(9-11-18)7-5-6-14-27-3/h8-13,15H,4,6,14H2,1-2H3. The van der Waals surface area contributed by atoms with Crippen molar-refractivity contribution in [1.29, 1.82) is 0 Å². The number of nitrogens with zero attached hydrogens (tertiary/aromatic N) is 3. The molecule has 0 amide bonds. The van der Waals surface area contributed by atoms with Crippen LogP contribution in [-0.2, 0) is 4.74 Å². The zero-order valence-electron chi connectivity index (χ0n) is 17.1. The number of benzene rings is 2. The van der Waals surface area contributed by atoms with Gasteiger partial charge in [-0.05, 0) is 44.2 Å². The van der Waals surface area contributed by atoms with Gasteiger partial charge in [0.1, 0.15) is 0 Å². The lowest BCUT2D eigenvalue weighted by molar-refractivity contribution is 0.0518. The van der Waals surface area contributed by atoms with Crippen LogP contribution >= 0.6 is 23.2 Å². The van der Waals surface area contributed by atoms with Gasteiger partial charge in [0.05, 0.1) is 29.4 Å². The lowest BCUT2D eigenvalue weighted by Crippen LogP contribution is -2.08. The van der Waals surface area contributed by atoms with Crippen LogP contribution in [0, 0.1) is 25.3 Å². The maximum absolute atomic E-state index is 12.5. The molecule has 1 aromatic heterocycles. The highest BCUT2D eigenvalue weighted by Crippen LogP contribution is 2.33. The molecule has 0 radical (unpaired) electrons. The summed E-state index contributed by atoms with van der Waals surface area (Å²) in [5, 5.41) is 5.43. The third-order valence-electron chi connectivity index (χ3n) is 4.47. The van der Waals surface area contributed by atoms with E-state index in [1.165, 1.54) is 0 Å². The normalized spacial score (nSPS) is 10.2. The zero-order valence-corrected chi connectivity index (χ0v) is 18.6.